The molecule has 5 heteroatoms. The molecular formula is C16H25NO4. The number of carbonyl (C=O) groups is 1. The summed E-state index contributed by atoms with van der Waals surface area (Å²) in [5.74, 6) is 0.601. The van der Waals surface area contributed by atoms with Crippen molar-refractivity contribution in [2.45, 2.75) is 38.6 Å². The second-order valence-electron chi connectivity index (χ2n) is 5.59. The highest BCUT2D eigenvalue weighted by molar-refractivity contribution is 5.77. The van der Waals surface area contributed by atoms with Crippen LogP contribution < -0.4 is 15.2 Å². The van der Waals surface area contributed by atoms with E-state index in [1.165, 1.54) is 0 Å². The topological polar surface area (TPSA) is 81.8 Å². The summed E-state index contributed by atoms with van der Waals surface area (Å²) in [6.07, 6.45) is 2.07. The van der Waals surface area contributed by atoms with Gasteiger partial charge in [-0.2, -0.15) is 0 Å². The number of nitrogens with two attached hydrogens (primary N) is 1. The van der Waals surface area contributed by atoms with Gasteiger partial charge in [-0.3, -0.25) is 4.79 Å². The number of benzene rings is 1. The van der Waals surface area contributed by atoms with E-state index in [4.69, 9.17) is 20.3 Å². The van der Waals surface area contributed by atoms with Gasteiger partial charge in [-0.25, -0.2) is 0 Å². The van der Waals surface area contributed by atoms with E-state index >= 15 is 0 Å². The van der Waals surface area contributed by atoms with E-state index in [2.05, 4.69) is 0 Å². The standard InChI is InChI=1S/C16H25NO4/c1-5-11(10-16(2,17)15(18)19)8-12-6-7-13(20-3)14(9-12)21-4/h6-7,9,11H,5,8,10,17H2,1-4H3,(H,18,19). The zero-order valence-corrected chi connectivity index (χ0v) is 13.2. The van der Waals surface area contributed by atoms with Crippen molar-refractivity contribution in [2.75, 3.05) is 14.2 Å². The molecule has 0 aliphatic heterocycles. The van der Waals surface area contributed by atoms with E-state index in [0.717, 1.165) is 18.4 Å². The first kappa shape index (κ1) is 17.3. The minimum absolute atomic E-state index is 0.203. The van der Waals surface area contributed by atoms with Gasteiger partial charge in [0.25, 0.3) is 0 Å². The molecule has 0 saturated carbocycles. The second-order valence-corrected chi connectivity index (χ2v) is 5.59. The number of hydrogen-bond donors (Lipinski definition) is 2. The molecule has 1 aromatic carbocycles. The maximum absolute atomic E-state index is 11.1. The second kappa shape index (κ2) is 7.31. The molecule has 0 aliphatic rings. The predicted octanol–water partition coefficient (Wildman–Crippen LogP) is 2.46. The van der Waals surface area contributed by atoms with Crippen LogP contribution in [-0.2, 0) is 11.2 Å². The van der Waals surface area contributed by atoms with Crippen LogP contribution >= 0.6 is 0 Å². The fourth-order valence-corrected chi connectivity index (χ4v) is 2.39. The van der Waals surface area contributed by atoms with Crippen molar-refractivity contribution in [3.63, 3.8) is 0 Å². The molecule has 0 radical (unpaired) electrons. The van der Waals surface area contributed by atoms with Crippen molar-refractivity contribution in [3.05, 3.63) is 23.8 Å². The Kier molecular flexibility index (Phi) is 6.03. The summed E-state index contributed by atoms with van der Waals surface area (Å²) in [6, 6.07) is 5.76. The van der Waals surface area contributed by atoms with Crippen LogP contribution in [0.2, 0.25) is 0 Å². The quantitative estimate of drug-likeness (QED) is 0.770. The highest BCUT2D eigenvalue weighted by atomic mass is 16.5. The van der Waals surface area contributed by atoms with Crippen molar-refractivity contribution in [1.29, 1.82) is 0 Å². The average Bonchev–Trinajstić information content (AvgIpc) is 2.45. The number of carboxylic acid groups (broad SMARTS) is 1. The van der Waals surface area contributed by atoms with Crippen LogP contribution in [0.4, 0.5) is 0 Å². The average molecular weight is 295 g/mol. The zero-order valence-electron chi connectivity index (χ0n) is 13.2. The first-order valence-corrected chi connectivity index (χ1v) is 7.07. The van der Waals surface area contributed by atoms with E-state index in [1.807, 2.05) is 25.1 Å². The third-order valence-corrected chi connectivity index (χ3v) is 3.75. The SMILES string of the molecule is CCC(Cc1ccc(OC)c(OC)c1)CC(C)(N)C(=O)O. The molecule has 0 fully saturated rings. The number of aliphatic carboxylic acids is 1. The monoisotopic (exact) mass is 295 g/mol. The Bertz CT molecular complexity index is 485. The summed E-state index contributed by atoms with van der Waals surface area (Å²) >= 11 is 0. The summed E-state index contributed by atoms with van der Waals surface area (Å²) in [7, 11) is 3.19. The van der Waals surface area contributed by atoms with Crippen LogP contribution in [0.5, 0.6) is 11.5 Å². The minimum Gasteiger partial charge on any atom is -0.493 e. The van der Waals surface area contributed by atoms with Crippen molar-refractivity contribution in [3.8, 4) is 11.5 Å². The molecule has 0 aromatic heterocycles. The van der Waals surface area contributed by atoms with Gasteiger partial charge < -0.3 is 20.3 Å². The zero-order chi connectivity index (χ0) is 16.0. The summed E-state index contributed by atoms with van der Waals surface area (Å²) in [5.41, 5.74) is 5.73. The molecule has 0 heterocycles. The smallest absolute Gasteiger partial charge is 0.323 e. The van der Waals surface area contributed by atoms with Crippen LogP contribution in [0.15, 0.2) is 18.2 Å². The molecule has 0 bridgehead atoms. The summed E-state index contributed by atoms with van der Waals surface area (Å²) in [6.45, 7) is 3.61. The van der Waals surface area contributed by atoms with Gasteiger partial charge in [-0.15, -0.1) is 0 Å². The molecule has 2 unspecified atom stereocenters. The third kappa shape index (κ3) is 4.63. The van der Waals surface area contributed by atoms with Gasteiger partial charge >= 0.3 is 5.97 Å². The molecule has 0 amide bonds. The van der Waals surface area contributed by atoms with Crippen molar-refractivity contribution in [2.24, 2.45) is 11.7 Å². The van der Waals surface area contributed by atoms with Crippen molar-refractivity contribution in [1.82, 2.24) is 0 Å². The Morgan fingerprint density at radius 2 is 1.95 bits per heavy atom. The largest absolute Gasteiger partial charge is 0.493 e. The first-order chi connectivity index (χ1) is 9.83. The molecule has 0 aliphatic carbocycles. The highest BCUT2D eigenvalue weighted by Crippen LogP contribution is 2.30. The molecule has 0 spiro atoms. The fraction of sp³-hybridized carbons (Fsp3) is 0.562. The van der Waals surface area contributed by atoms with Gasteiger partial charge in [0.1, 0.15) is 5.54 Å². The number of rotatable bonds is 8. The lowest BCUT2D eigenvalue weighted by atomic mass is 9.84. The Morgan fingerprint density at radius 3 is 2.43 bits per heavy atom. The minimum atomic E-state index is -1.20. The molecular weight excluding hydrogens is 270 g/mol. The maximum atomic E-state index is 11.1. The molecule has 3 N–H and O–H groups in total. The Balaban J connectivity index is 2.84. The molecule has 2 atom stereocenters. The van der Waals surface area contributed by atoms with E-state index < -0.39 is 11.5 Å². The van der Waals surface area contributed by atoms with E-state index in [-0.39, 0.29) is 5.92 Å². The highest BCUT2D eigenvalue weighted by Gasteiger charge is 2.30. The van der Waals surface area contributed by atoms with Crippen molar-refractivity contribution >= 4 is 5.97 Å². The van der Waals surface area contributed by atoms with Gasteiger partial charge in [0.15, 0.2) is 11.5 Å². The lowest BCUT2D eigenvalue weighted by Gasteiger charge is -2.25. The summed E-state index contributed by atoms with van der Waals surface area (Å²) in [4.78, 5) is 11.1. The van der Waals surface area contributed by atoms with Gasteiger partial charge in [0.05, 0.1) is 14.2 Å². The number of methoxy groups -OCH3 is 2. The first-order valence-electron chi connectivity index (χ1n) is 7.07. The van der Waals surface area contributed by atoms with Gasteiger partial charge in [0.2, 0.25) is 0 Å². The van der Waals surface area contributed by atoms with Crippen molar-refractivity contribution < 1.29 is 19.4 Å². The van der Waals surface area contributed by atoms with Crippen LogP contribution in [0, 0.1) is 5.92 Å². The van der Waals surface area contributed by atoms with Gasteiger partial charge in [0, 0.05) is 0 Å². The van der Waals surface area contributed by atoms with E-state index in [0.29, 0.717) is 17.9 Å². The Morgan fingerprint density at radius 1 is 1.33 bits per heavy atom. The maximum Gasteiger partial charge on any atom is 0.323 e. The molecule has 5 nitrogen and oxygen atoms in total. The Labute approximate surface area is 126 Å². The fourth-order valence-electron chi connectivity index (χ4n) is 2.39. The lowest BCUT2D eigenvalue weighted by molar-refractivity contribution is -0.143. The third-order valence-electron chi connectivity index (χ3n) is 3.75. The van der Waals surface area contributed by atoms with Crippen LogP contribution in [-0.4, -0.2) is 30.8 Å². The molecule has 0 saturated heterocycles. The number of carboxylic acids is 1. The molecule has 118 valence electrons. The normalized spacial score (nSPS) is 15.1. The summed E-state index contributed by atoms with van der Waals surface area (Å²) in [5, 5.41) is 9.14. The molecule has 1 rings (SSSR count). The predicted molar refractivity (Wildman–Crippen MR) is 81.9 cm³/mol. The number of ether oxygens (including phenoxy) is 2. The number of hydrogen-bond acceptors (Lipinski definition) is 4. The van der Waals surface area contributed by atoms with Gasteiger partial charge in [-0.1, -0.05) is 19.4 Å². The molecule has 1 aromatic rings. The Hall–Kier alpha value is -1.75. The lowest BCUT2D eigenvalue weighted by Crippen LogP contribution is -2.46. The van der Waals surface area contributed by atoms with Crippen LogP contribution in [0.25, 0.3) is 0 Å². The van der Waals surface area contributed by atoms with Gasteiger partial charge in [-0.05, 0) is 43.4 Å². The van der Waals surface area contributed by atoms with Crippen LogP contribution in [0.3, 0.4) is 0 Å². The molecule has 21 heavy (non-hydrogen) atoms. The van der Waals surface area contributed by atoms with Crippen LogP contribution in [0.1, 0.15) is 32.3 Å². The van der Waals surface area contributed by atoms with E-state index in [9.17, 15) is 4.79 Å². The summed E-state index contributed by atoms with van der Waals surface area (Å²) < 4.78 is 10.5. The van der Waals surface area contributed by atoms with E-state index in [1.54, 1.807) is 21.1 Å².